The second-order valence-electron chi connectivity index (χ2n) is 9.36. The van der Waals surface area contributed by atoms with Crippen LogP contribution in [0.1, 0.15) is 48.7 Å². The van der Waals surface area contributed by atoms with Crippen LogP contribution in [0, 0.1) is 0 Å². The first-order valence-corrected chi connectivity index (χ1v) is 13.7. The van der Waals surface area contributed by atoms with Crippen molar-refractivity contribution < 1.29 is 9.22 Å². The molecule has 0 aromatic heterocycles. The Labute approximate surface area is 187 Å². The fraction of sp³-hybridized carbons (Fsp3) is 0.250. The van der Waals surface area contributed by atoms with Gasteiger partial charge in [0.25, 0.3) is 0 Å². The fourth-order valence-electron chi connectivity index (χ4n) is 3.21. The molecule has 3 rings (SSSR count). The molecule has 0 amide bonds. The average molecular weight is 429 g/mol. The van der Waals surface area contributed by atoms with Crippen molar-refractivity contribution in [3.05, 3.63) is 113 Å². The molecular weight excluding hydrogens is 396 g/mol. The number of rotatable bonds is 7. The first kappa shape index (κ1) is 22.8. The van der Waals surface area contributed by atoms with E-state index in [1.807, 2.05) is 66.7 Å². The first-order valence-electron chi connectivity index (χ1n) is 10.8. The zero-order valence-electron chi connectivity index (χ0n) is 19.2. The number of ketones is 1. The highest BCUT2D eigenvalue weighted by Crippen LogP contribution is 2.41. The van der Waals surface area contributed by atoms with Gasteiger partial charge in [-0.1, -0.05) is 112 Å². The molecule has 0 atom stereocenters. The number of Topliss-reactive ketones (excluding diaryl/α,β-unsaturated/α-hetero) is 1. The van der Waals surface area contributed by atoms with Crippen molar-refractivity contribution in [1.82, 2.24) is 0 Å². The summed E-state index contributed by atoms with van der Waals surface area (Å²) in [6.07, 6.45) is 0.232. The highest BCUT2D eigenvalue weighted by atomic mass is 28.4. The van der Waals surface area contributed by atoms with Crippen LogP contribution in [0.25, 0.3) is 5.57 Å². The molecule has 0 heterocycles. The van der Waals surface area contributed by atoms with Crippen molar-refractivity contribution >= 4 is 19.7 Å². The number of hydrogen-bond donors (Lipinski definition) is 0. The molecule has 3 aromatic rings. The van der Waals surface area contributed by atoms with Gasteiger partial charge in [0.05, 0.1) is 12.2 Å². The van der Waals surface area contributed by atoms with Gasteiger partial charge < -0.3 is 4.43 Å². The van der Waals surface area contributed by atoms with Crippen LogP contribution in [0.4, 0.5) is 0 Å². The summed E-state index contributed by atoms with van der Waals surface area (Å²) >= 11 is 0. The standard InChI is InChI=1S/C28H32O2Si/c1-28(2,3)31(4,5)30-26(21-25(29)22-15-9-6-10-16-22)27(23-17-11-7-12-18-23)24-19-13-8-14-20-24/h6-20H,21H2,1-5H3. The lowest BCUT2D eigenvalue weighted by atomic mass is 9.94. The predicted molar refractivity (Wildman–Crippen MR) is 133 cm³/mol. The Kier molecular flexibility index (Phi) is 6.96. The van der Waals surface area contributed by atoms with Gasteiger partial charge in [-0.15, -0.1) is 0 Å². The highest BCUT2D eigenvalue weighted by Gasteiger charge is 2.40. The van der Waals surface area contributed by atoms with E-state index in [2.05, 4.69) is 58.1 Å². The van der Waals surface area contributed by atoms with E-state index in [1.165, 1.54) is 0 Å². The van der Waals surface area contributed by atoms with Gasteiger partial charge in [0.1, 0.15) is 0 Å². The molecule has 0 saturated carbocycles. The average Bonchev–Trinajstić information content (AvgIpc) is 2.75. The van der Waals surface area contributed by atoms with Crippen LogP contribution in [0.15, 0.2) is 96.8 Å². The van der Waals surface area contributed by atoms with E-state index in [9.17, 15) is 4.79 Å². The lowest BCUT2D eigenvalue weighted by molar-refractivity contribution is 0.0981. The quantitative estimate of drug-likeness (QED) is 0.218. The van der Waals surface area contributed by atoms with Gasteiger partial charge in [0, 0.05) is 11.1 Å². The van der Waals surface area contributed by atoms with Crippen molar-refractivity contribution in [1.29, 1.82) is 0 Å². The van der Waals surface area contributed by atoms with Gasteiger partial charge in [0.2, 0.25) is 8.32 Å². The summed E-state index contributed by atoms with van der Waals surface area (Å²) in [5, 5.41) is 0.0204. The van der Waals surface area contributed by atoms with Gasteiger partial charge in [-0.25, -0.2) is 0 Å². The monoisotopic (exact) mass is 428 g/mol. The minimum Gasteiger partial charge on any atom is -0.546 e. The Bertz CT molecular complexity index is 989. The normalized spacial score (nSPS) is 11.6. The molecule has 31 heavy (non-hydrogen) atoms. The van der Waals surface area contributed by atoms with Crippen LogP contribution in [-0.4, -0.2) is 14.1 Å². The largest absolute Gasteiger partial charge is 0.546 e. The molecule has 3 heteroatoms. The van der Waals surface area contributed by atoms with Crippen LogP contribution in [-0.2, 0) is 4.43 Å². The summed E-state index contributed by atoms with van der Waals surface area (Å²) < 4.78 is 6.86. The third-order valence-electron chi connectivity index (χ3n) is 6.01. The van der Waals surface area contributed by atoms with Crippen molar-refractivity contribution in [2.45, 2.75) is 45.3 Å². The van der Waals surface area contributed by atoms with E-state index in [1.54, 1.807) is 0 Å². The molecule has 2 nitrogen and oxygen atoms in total. The zero-order valence-corrected chi connectivity index (χ0v) is 20.2. The lowest BCUT2D eigenvalue weighted by Gasteiger charge is -2.38. The Morgan fingerprint density at radius 1 is 0.710 bits per heavy atom. The Morgan fingerprint density at radius 2 is 1.10 bits per heavy atom. The minimum atomic E-state index is -2.17. The third kappa shape index (κ3) is 5.62. The first-order chi connectivity index (χ1) is 14.7. The maximum atomic E-state index is 13.3. The second-order valence-corrected chi connectivity index (χ2v) is 14.1. The summed E-state index contributed by atoms with van der Waals surface area (Å²) in [5.74, 6) is 0.830. The topological polar surface area (TPSA) is 26.3 Å². The van der Waals surface area contributed by atoms with E-state index in [-0.39, 0.29) is 17.2 Å². The van der Waals surface area contributed by atoms with Crippen LogP contribution in [0.2, 0.25) is 18.1 Å². The fourth-order valence-corrected chi connectivity index (χ4v) is 4.30. The number of benzene rings is 3. The Morgan fingerprint density at radius 3 is 1.48 bits per heavy atom. The molecule has 0 aliphatic carbocycles. The summed E-state index contributed by atoms with van der Waals surface area (Å²) in [5.41, 5.74) is 3.82. The predicted octanol–water partition coefficient (Wildman–Crippen LogP) is 7.74. The van der Waals surface area contributed by atoms with Crippen LogP contribution >= 0.6 is 0 Å². The molecule has 0 fully saturated rings. The van der Waals surface area contributed by atoms with E-state index in [4.69, 9.17) is 4.43 Å². The SMILES string of the molecule is CC(C)(C)[Si](C)(C)OC(CC(=O)c1ccccc1)=C(c1ccccc1)c1ccccc1. The molecule has 3 aromatic carbocycles. The summed E-state index contributed by atoms with van der Waals surface area (Å²) in [7, 11) is -2.17. The summed E-state index contributed by atoms with van der Waals surface area (Å²) in [6.45, 7) is 11.1. The van der Waals surface area contributed by atoms with Crippen LogP contribution in [0.3, 0.4) is 0 Å². The lowest BCUT2D eigenvalue weighted by Crippen LogP contribution is -2.40. The number of hydrogen-bond acceptors (Lipinski definition) is 2. The minimum absolute atomic E-state index is 0.0204. The van der Waals surface area contributed by atoms with E-state index in [0.717, 1.165) is 22.5 Å². The number of carbonyl (C=O) groups is 1. The summed E-state index contributed by atoms with van der Waals surface area (Å²) in [6, 6.07) is 30.0. The maximum absolute atomic E-state index is 13.3. The molecular formula is C28H32O2Si. The van der Waals surface area contributed by atoms with Gasteiger partial charge in [-0.2, -0.15) is 0 Å². The van der Waals surface area contributed by atoms with E-state index < -0.39 is 8.32 Å². The molecule has 0 N–H and O–H groups in total. The molecule has 0 radical (unpaired) electrons. The van der Waals surface area contributed by atoms with Gasteiger partial charge in [-0.3, -0.25) is 4.79 Å². The van der Waals surface area contributed by atoms with Gasteiger partial charge in [0.15, 0.2) is 5.78 Å². The van der Waals surface area contributed by atoms with Crippen molar-refractivity contribution in [3.8, 4) is 0 Å². The van der Waals surface area contributed by atoms with Crippen LogP contribution < -0.4 is 0 Å². The van der Waals surface area contributed by atoms with E-state index >= 15 is 0 Å². The molecule has 0 aliphatic rings. The number of carbonyl (C=O) groups excluding carboxylic acids is 1. The van der Waals surface area contributed by atoms with Crippen molar-refractivity contribution in [2.24, 2.45) is 0 Å². The smallest absolute Gasteiger partial charge is 0.250 e. The molecule has 0 unspecified atom stereocenters. The zero-order chi connectivity index (χ0) is 22.5. The van der Waals surface area contributed by atoms with Crippen LogP contribution in [0.5, 0.6) is 0 Å². The molecule has 0 saturated heterocycles. The van der Waals surface area contributed by atoms with Gasteiger partial charge >= 0.3 is 0 Å². The molecule has 0 bridgehead atoms. The second kappa shape index (κ2) is 9.48. The van der Waals surface area contributed by atoms with Crippen molar-refractivity contribution in [3.63, 3.8) is 0 Å². The number of allylic oxidation sites excluding steroid dienone is 1. The van der Waals surface area contributed by atoms with E-state index in [0.29, 0.717) is 5.56 Å². The van der Waals surface area contributed by atoms with Crippen molar-refractivity contribution in [2.75, 3.05) is 0 Å². The highest BCUT2D eigenvalue weighted by molar-refractivity contribution is 6.74. The molecule has 160 valence electrons. The van der Waals surface area contributed by atoms with Gasteiger partial charge in [-0.05, 0) is 29.3 Å². The Hall–Kier alpha value is -2.91. The summed E-state index contributed by atoms with van der Waals surface area (Å²) in [4.78, 5) is 13.3. The molecule has 0 spiro atoms. The molecule has 0 aliphatic heterocycles. The maximum Gasteiger partial charge on any atom is 0.250 e. The third-order valence-corrected chi connectivity index (χ3v) is 10.4. The Balaban J connectivity index is 2.19.